The van der Waals surface area contributed by atoms with Crippen LogP contribution in [0.25, 0.3) is 0 Å². The standard InChI is InChI=1S/C13H23Cl/c1-9-4-3-5-11(8-9)12-6-7-13(14)10(12)2/h9-13H,3-8H2,1-2H3. The van der Waals surface area contributed by atoms with Crippen molar-refractivity contribution in [3.8, 4) is 0 Å². The van der Waals surface area contributed by atoms with Gasteiger partial charge < -0.3 is 0 Å². The maximum absolute atomic E-state index is 6.31. The largest absolute Gasteiger partial charge is 0.123 e. The molecule has 0 aromatic carbocycles. The quantitative estimate of drug-likeness (QED) is 0.566. The SMILES string of the molecule is CC1CCCC(C2CCC(Cl)C2C)C1. The van der Waals surface area contributed by atoms with Crippen molar-refractivity contribution in [1.82, 2.24) is 0 Å². The minimum Gasteiger partial charge on any atom is -0.123 e. The monoisotopic (exact) mass is 214 g/mol. The third kappa shape index (κ3) is 2.10. The summed E-state index contributed by atoms with van der Waals surface area (Å²) >= 11 is 6.31. The maximum Gasteiger partial charge on any atom is 0.0364 e. The van der Waals surface area contributed by atoms with Crippen molar-refractivity contribution >= 4 is 11.6 Å². The molecule has 5 unspecified atom stereocenters. The van der Waals surface area contributed by atoms with Gasteiger partial charge >= 0.3 is 0 Å². The first-order valence-electron chi connectivity index (χ1n) is 6.32. The maximum atomic E-state index is 6.31. The van der Waals surface area contributed by atoms with Crippen LogP contribution >= 0.6 is 11.6 Å². The van der Waals surface area contributed by atoms with Crippen molar-refractivity contribution in [2.24, 2.45) is 23.7 Å². The second-order valence-corrected chi connectivity index (χ2v) is 6.21. The molecule has 5 atom stereocenters. The summed E-state index contributed by atoms with van der Waals surface area (Å²) in [6, 6.07) is 0. The van der Waals surface area contributed by atoms with Crippen LogP contribution in [0.2, 0.25) is 0 Å². The molecule has 2 saturated carbocycles. The molecule has 0 amide bonds. The molecule has 0 N–H and O–H groups in total. The molecule has 0 spiro atoms. The number of rotatable bonds is 1. The van der Waals surface area contributed by atoms with Gasteiger partial charge in [0.25, 0.3) is 0 Å². The van der Waals surface area contributed by atoms with E-state index < -0.39 is 0 Å². The summed E-state index contributed by atoms with van der Waals surface area (Å²) in [7, 11) is 0. The number of halogens is 1. The van der Waals surface area contributed by atoms with Gasteiger partial charge in [0.15, 0.2) is 0 Å². The molecule has 0 aromatic rings. The average Bonchev–Trinajstić information content (AvgIpc) is 2.48. The van der Waals surface area contributed by atoms with Crippen LogP contribution in [0, 0.1) is 23.7 Å². The highest BCUT2D eigenvalue weighted by atomic mass is 35.5. The fraction of sp³-hybridized carbons (Fsp3) is 1.00. The van der Waals surface area contributed by atoms with Gasteiger partial charge in [-0.3, -0.25) is 0 Å². The Labute approximate surface area is 93.4 Å². The van der Waals surface area contributed by atoms with E-state index in [1.165, 1.54) is 38.5 Å². The molecule has 0 saturated heterocycles. The van der Waals surface area contributed by atoms with Gasteiger partial charge in [-0.15, -0.1) is 11.6 Å². The van der Waals surface area contributed by atoms with E-state index in [4.69, 9.17) is 11.6 Å². The number of hydrogen-bond donors (Lipinski definition) is 0. The normalized spacial score (nSPS) is 49.5. The molecule has 2 aliphatic carbocycles. The first-order valence-corrected chi connectivity index (χ1v) is 6.76. The lowest BCUT2D eigenvalue weighted by Crippen LogP contribution is -2.25. The second kappa shape index (κ2) is 4.43. The summed E-state index contributed by atoms with van der Waals surface area (Å²) < 4.78 is 0. The van der Waals surface area contributed by atoms with Crippen molar-refractivity contribution in [1.29, 1.82) is 0 Å². The van der Waals surface area contributed by atoms with E-state index in [1.54, 1.807) is 0 Å². The molecule has 2 rings (SSSR count). The van der Waals surface area contributed by atoms with Crippen molar-refractivity contribution in [2.75, 3.05) is 0 Å². The average molecular weight is 215 g/mol. The van der Waals surface area contributed by atoms with Crippen LogP contribution in [0.1, 0.15) is 52.4 Å². The van der Waals surface area contributed by atoms with Crippen LogP contribution in [-0.4, -0.2) is 5.38 Å². The Morgan fingerprint density at radius 3 is 2.36 bits per heavy atom. The van der Waals surface area contributed by atoms with E-state index >= 15 is 0 Å². The minimum absolute atomic E-state index is 0.470. The van der Waals surface area contributed by atoms with Gasteiger partial charge in [-0.25, -0.2) is 0 Å². The van der Waals surface area contributed by atoms with Gasteiger partial charge in [-0.2, -0.15) is 0 Å². The van der Waals surface area contributed by atoms with Crippen molar-refractivity contribution < 1.29 is 0 Å². The molecular weight excluding hydrogens is 192 g/mol. The number of hydrogen-bond acceptors (Lipinski definition) is 0. The highest BCUT2D eigenvalue weighted by Crippen LogP contribution is 2.45. The fourth-order valence-electron chi connectivity index (χ4n) is 3.68. The van der Waals surface area contributed by atoms with E-state index in [-0.39, 0.29) is 0 Å². The lowest BCUT2D eigenvalue weighted by Gasteiger charge is -2.33. The van der Waals surface area contributed by atoms with E-state index in [2.05, 4.69) is 13.8 Å². The molecule has 0 aromatic heterocycles. The first-order chi connectivity index (χ1) is 6.68. The van der Waals surface area contributed by atoms with E-state index in [0.29, 0.717) is 5.38 Å². The van der Waals surface area contributed by atoms with Crippen molar-refractivity contribution in [3.05, 3.63) is 0 Å². The van der Waals surface area contributed by atoms with E-state index in [1.807, 2.05) is 0 Å². The zero-order chi connectivity index (χ0) is 10.1. The molecule has 0 aliphatic heterocycles. The van der Waals surface area contributed by atoms with Crippen molar-refractivity contribution in [2.45, 2.75) is 57.7 Å². The summed E-state index contributed by atoms with van der Waals surface area (Å²) in [6.07, 6.45) is 8.52. The van der Waals surface area contributed by atoms with Crippen LogP contribution in [0.3, 0.4) is 0 Å². The Morgan fingerprint density at radius 2 is 1.79 bits per heavy atom. The number of alkyl halides is 1. The minimum atomic E-state index is 0.470. The summed E-state index contributed by atoms with van der Waals surface area (Å²) in [6.45, 7) is 4.79. The zero-order valence-corrected chi connectivity index (χ0v) is 10.3. The lowest BCUT2D eigenvalue weighted by atomic mass is 9.73. The zero-order valence-electron chi connectivity index (χ0n) is 9.51. The van der Waals surface area contributed by atoms with Gasteiger partial charge in [0, 0.05) is 5.38 Å². The fourth-order valence-corrected chi connectivity index (χ4v) is 3.99. The molecule has 2 aliphatic rings. The van der Waals surface area contributed by atoms with Crippen LogP contribution < -0.4 is 0 Å². The highest BCUT2D eigenvalue weighted by molar-refractivity contribution is 6.20. The summed E-state index contributed by atoms with van der Waals surface area (Å²) in [5.41, 5.74) is 0. The Kier molecular flexibility index (Phi) is 3.42. The van der Waals surface area contributed by atoms with Crippen LogP contribution in [-0.2, 0) is 0 Å². The van der Waals surface area contributed by atoms with Crippen LogP contribution in [0.4, 0.5) is 0 Å². The summed E-state index contributed by atoms with van der Waals surface area (Å²) in [5.74, 6) is 3.68. The smallest absolute Gasteiger partial charge is 0.0364 e. The predicted molar refractivity (Wildman–Crippen MR) is 62.7 cm³/mol. The van der Waals surface area contributed by atoms with Crippen LogP contribution in [0.15, 0.2) is 0 Å². The molecule has 0 radical (unpaired) electrons. The highest BCUT2D eigenvalue weighted by Gasteiger charge is 2.37. The molecule has 0 nitrogen and oxygen atoms in total. The van der Waals surface area contributed by atoms with Gasteiger partial charge in [-0.1, -0.05) is 33.1 Å². The summed E-state index contributed by atoms with van der Waals surface area (Å²) in [5, 5.41) is 0.470. The second-order valence-electron chi connectivity index (χ2n) is 5.65. The topological polar surface area (TPSA) is 0 Å². The molecule has 1 heteroatoms. The Bertz CT molecular complexity index is 190. The first kappa shape index (κ1) is 10.8. The summed E-state index contributed by atoms with van der Waals surface area (Å²) in [4.78, 5) is 0. The lowest BCUT2D eigenvalue weighted by molar-refractivity contribution is 0.177. The molecular formula is C13H23Cl. The van der Waals surface area contributed by atoms with E-state index in [0.717, 1.165) is 23.7 Å². The molecule has 82 valence electrons. The molecule has 0 bridgehead atoms. The third-order valence-corrected chi connectivity index (χ3v) is 5.22. The van der Waals surface area contributed by atoms with Crippen LogP contribution in [0.5, 0.6) is 0 Å². The Morgan fingerprint density at radius 1 is 1.00 bits per heavy atom. The van der Waals surface area contributed by atoms with Gasteiger partial charge in [0.1, 0.15) is 0 Å². The third-order valence-electron chi connectivity index (χ3n) is 4.60. The van der Waals surface area contributed by atoms with Gasteiger partial charge in [-0.05, 0) is 42.9 Å². The Hall–Kier alpha value is 0.290. The Balaban J connectivity index is 1.94. The molecule has 14 heavy (non-hydrogen) atoms. The predicted octanol–water partition coefficient (Wildman–Crippen LogP) is 4.47. The van der Waals surface area contributed by atoms with Gasteiger partial charge in [0.05, 0.1) is 0 Å². The van der Waals surface area contributed by atoms with Gasteiger partial charge in [0.2, 0.25) is 0 Å². The van der Waals surface area contributed by atoms with E-state index in [9.17, 15) is 0 Å². The van der Waals surface area contributed by atoms with Crippen molar-refractivity contribution in [3.63, 3.8) is 0 Å². The molecule has 0 heterocycles. The molecule has 2 fully saturated rings.